The summed E-state index contributed by atoms with van der Waals surface area (Å²) >= 11 is 3.49. The second kappa shape index (κ2) is 4.97. The summed E-state index contributed by atoms with van der Waals surface area (Å²) in [6, 6.07) is 0.636. The number of nitrogen functional groups attached to an aromatic ring is 1. The molecule has 0 saturated heterocycles. The fourth-order valence-electron chi connectivity index (χ4n) is 1.72. The van der Waals surface area contributed by atoms with Crippen LogP contribution in [-0.4, -0.2) is 22.6 Å². The van der Waals surface area contributed by atoms with Crippen molar-refractivity contribution in [3.63, 3.8) is 0 Å². The lowest BCUT2D eigenvalue weighted by atomic mass is 10.4. The SMILES string of the molecule is CCCN(c1nc(NN)ncc1Br)C1CC1. The Balaban J connectivity index is 2.27. The normalized spacial score (nSPS) is 14.9. The Hall–Kier alpha value is -0.880. The van der Waals surface area contributed by atoms with Crippen molar-refractivity contribution in [2.45, 2.75) is 32.2 Å². The van der Waals surface area contributed by atoms with Crippen LogP contribution in [0.1, 0.15) is 26.2 Å². The highest BCUT2D eigenvalue weighted by molar-refractivity contribution is 9.10. The number of anilines is 2. The molecular formula is C10H16BrN5. The van der Waals surface area contributed by atoms with E-state index in [-0.39, 0.29) is 0 Å². The molecular weight excluding hydrogens is 270 g/mol. The van der Waals surface area contributed by atoms with Gasteiger partial charge in [-0.3, -0.25) is 5.43 Å². The third kappa shape index (κ3) is 2.44. The van der Waals surface area contributed by atoms with Gasteiger partial charge >= 0.3 is 0 Å². The number of hydrazine groups is 1. The molecule has 1 fully saturated rings. The summed E-state index contributed by atoms with van der Waals surface area (Å²) in [6.07, 6.45) is 5.35. The van der Waals surface area contributed by atoms with Crippen LogP contribution in [0.25, 0.3) is 0 Å². The number of nitrogens with two attached hydrogens (primary N) is 1. The average molecular weight is 286 g/mol. The summed E-state index contributed by atoms with van der Waals surface area (Å²) in [5.74, 6) is 6.72. The predicted octanol–water partition coefficient (Wildman–Crippen LogP) is 1.90. The van der Waals surface area contributed by atoms with E-state index in [4.69, 9.17) is 5.84 Å². The Bertz CT molecular complexity index is 366. The minimum atomic E-state index is 0.458. The lowest BCUT2D eigenvalue weighted by Crippen LogP contribution is -2.28. The number of hydrogen-bond acceptors (Lipinski definition) is 5. The van der Waals surface area contributed by atoms with Crippen LogP contribution in [0, 0.1) is 0 Å². The van der Waals surface area contributed by atoms with Crippen LogP contribution < -0.4 is 16.2 Å². The van der Waals surface area contributed by atoms with Crippen LogP contribution in [-0.2, 0) is 0 Å². The van der Waals surface area contributed by atoms with Crippen LogP contribution >= 0.6 is 15.9 Å². The average Bonchev–Trinajstić information content (AvgIpc) is 3.11. The largest absolute Gasteiger partial charge is 0.353 e. The summed E-state index contributed by atoms with van der Waals surface area (Å²) in [4.78, 5) is 10.8. The van der Waals surface area contributed by atoms with Crippen LogP contribution in [0.5, 0.6) is 0 Å². The molecule has 2 rings (SSSR count). The molecule has 1 aromatic rings. The first-order valence-corrected chi connectivity index (χ1v) is 6.31. The second-order valence-corrected chi connectivity index (χ2v) is 4.79. The molecule has 1 aromatic heterocycles. The molecule has 0 unspecified atom stereocenters. The molecule has 6 heteroatoms. The molecule has 16 heavy (non-hydrogen) atoms. The minimum Gasteiger partial charge on any atom is -0.353 e. The molecule has 1 aliphatic carbocycles. The van der Waals surface area contributed by atoms with E-state index in [0.717, 1.165) is 23.3 Å². The Morgan fingerprint density at radius 3 is 2.94 bits per heavy atom. The smallest absolute Gasteiger partial charge is 0.239 e. The molecule has 0 atom stereocenters. The second-order valence-electron chi connectivity index (χ2n) is 3.93. The van der Waals surface area contributed by atoms with Crippen LogP contribution in [0.4, 0.5) is 11.8 Å². The maximum Gasteiger partial charge on any atom is 0.239 e. The standard InChI is InChI=1S/C10H16BrN5/c1-2-5-16(7-3-4-7)9-8(11)6-13-10(14-9)15-12/h6-7H,2-5,12H2,1H3,(H,13,14,15). The molecule has 1 aliphatic rings. The zero-order valence-electron chi connectivity index (χ0n) is 9.28. The number of hydrogen-bond donors (Lipinski definition) is 2. The molecule has 0 aliphatic heterocycles. The molecule has 1 heterocycles. The number of aromatic nitrogens is 2. The van der Waals surface area contributed by atoms with Crippen LogP contribution in [0.15, 0.2) is 10.7 Å². The van der Waals surface area contributed by atoms with Gasteiger partial charge in [0.25, 0.3) is 0 Å². The Labute approximate surface area is 104 Å². The van der Waals surface area contributed by atoms with Crippen molar-refractivity contribution < 1.29 is 0 Å². The molecule has 0 bridgehead atoms. The third-order valence-electron chi connectivity index (χ3n) is 2.58. The highest BCUT2D eigenvalue weighted by Crippen LogP contribution is 2.34. The van der Waals surface area contributed by atoms with Gasteiger partial charge in [-0.15, -0.1) is 0 Å². The predicted molar refractivity (Wildman–Crippen MR) is 68.2 cm³/mol. The highest BCUT2D eigenvalue weighted by Gasteiger charge is 2.30. The first-order valence-electron chi connectivity index (χ1n) is 5.52. The zero-order valence-corrected chi connectivity index (χ0v) is 10.9. The van der Waals surface area contributed by atoms with Gasteiger partial charge < -0.3 is 4.90 Å². The molecule has 0 aromatic carbocycles. The topological polar surface area (TPSA) is 67.1 Å². The van der Waals surface area contributed by atoms with Gasteiger partial charge in [0, 0.05) is 18.8 Å². The van der Waals surface area contributed by atoms with E-state index in [0.29, 0.717) is 12.0 Å². The van der Waals surface area contributed by atoms with E-state index in [1.54, 1.807) is 6.20 Å². The van der Waals surface area contributed by atoms with Gasteiger partial charge in [-0.2, -0.15) is 4.98 Å². The Morgan fingerprint density at radius 2 is 2.38 bits per heavy atom. The summed E-state index contributed by atoms with van der Waals surface area (Å²) in [6.45, 7) is 3.19. The molecule has 0 amide bonds. The van der Waals surface area contributed by atoms with Crippen molar-refractivity contribution in [2.24, 2.45) is 5.84 Å². The van der Waals surface area contributed by atoms with E-state index in [9.17, 15) is 0 Å². The lowest BCUT2D eigenvalue weighted by molar-refractivity contribution is 0.746. The summed E-state index contributed by atoms with van der Waals surface area (Å²) in [7, 11) is 0. The maximum absolute atomic E-state index is 5.33. The van der Waals surface area contributed by atoms with E-state index in [1.165, 1.54) is 12.8 Å². The third-order valence-corrected chi connectivity index (χ3v) is 3.14. The van der Waals surface area contributed by atoms with Gasteiger partial charge in [-0.25, -0.2) is 10.8 Å². The van der Waals surface area contributed by atoms with Crippen molar-refractivity contribution in [3.8, 4) is 0 Å². The summed E-state index contributed by atoms with van der Waals surface area (Å²) < 4.78 is 0.923. The molecule has 1 saturated carbocycles. The van der Waals surface area contributed by atoms with Gasteiger partial charge in [0.1, 0.15) is 5.82 Å². The molecule has 5 nitrogen and oxygen atoms in total. The molecule has 88 valence electrons. The van der Waals surface area contributed by atoms with E-state index in [2.05, 4.69) is 43.1 Å². The number of nitrogens with one attached hydrogen (secondary N) is 1. The zero-order chi connectivity index (χ0) is 11.5. The molecule has 3 N–H and O–H groups in total. The number of nitrogens with zero attached hydrogens (tertiary/aromatic N) is 3. The summed E-state index contributed by atoms with van der Waals surface area (Å²) in [5.41, 5.74) is 2.48. The molecule has 0 spiro atoms. The van der Waals surface area contributed by atoms with Gasteiger partial charge in [0.15, 0.2) is 0 Å². The van der Waals surface area contributed by atoms with Crippen molar-refractivity contribution in [3.05, 3.63) is 10.7 Å². The fraction of sp³-hybridized carbons (Fsp3) is 0.600. The molecule has 0 radical (unpaired) electrons. The minimum absolute atomic E-state index is 0.458. The summed E-state index contributed by atoms with van der Waals surface area (Å²) in [5, 5.41) is 0. The van der Waals surface area contributed by atoms with Gasteiger partial charge in [0.2, 0.25) is 5.95 Å². The Kier molecular flexibility index (Phi) is 3.60. The van der Waals surface area contributed by atoms with Crippen molar-refractivity contribution in [1.82, 2.24) is 9.97 Å². The first-order chi connectivity index (χ1) is 7.76. The lowest BCUT2D eigenvalue weighted by Gasteiger charge is -2.24. The number of halogens is 1. The Morgan fingerprint density at radius 1 is 1.62 bits per heavy atom. The van der Waals surface area contributed by atoms with Crippen LogP contribution in [0.3, 0.4) is 0 Å². The van der Waals surface area contributed by atoms with Gasteiger partial charge in [0.05, 0.1) is 4.47 Å². The highest BCUT2D eigenvalue weighted by atomic mass is 79.9. The van der Waals surface area contributed by atoms with E-state index < -0.39 is 0 Å². The van der Waals surface area contributed by atoms with Crippen LogP contribution in [0.2, 0.25) is 0 Å². The quantitative estimate of drug-likeness (QED) is 0.639. The van der Waals surface area contributed by atoms with Gasteiger partial charge in [-0.05, 0) is 35.2 Å². The monoisotopic (exact) mass is 285 g/mol. The maximum atomic E-state index is 5.33. The van der Waals surface area contributed by atoms with E-state index >= 15 is 0 Å². The van der Waals surface area contributed by atoms with Crippen molar-refractivity contribution >= 4 is 27.7 Å². The fourth-order valence-corrected chi connectivity index (χ4v) is 2.14. The van der Waals surface area contributed by atoms with Gasteiger partial charge in [-0.1, -0.05) is 6.92 Å². The van der Waals surface area contributed by atoms with Crippen molar-refractivity contribution in [2.75, 3.05) is 16.9 Å². The number of rotatable bonds is 5. The van der Waals surface area contributed by atoms with E-state index in [1.807, 2.05) is 0 Å². The van der Waals surface area contributed by atoms with Crippen molar-refractivity contribution in [1.29, 1.82) is 0 Å². The first kappa shape index (κ1) is 11.6.